The van der Waals surface area contributed by atoms with Crippen LogP contribution in [0.3, 0.4) is 0 Å². The minimum Gasteiger partial charge on any atom is -0.360 e. The van der Waals surface area contributed by atoms with Crippen LogP contribution in [0.1, 0.15) is 59.0 Å². The predicted molar refractivity (Wildman–Crippen MR) is 90.8 cm³/mol. The van der Waals surface area contributed by atoms with Gasteiger partial charge in [0.2, 0.25) is 0 Å². The van der Waals surface area contributed by atoms with Crippen LogP contribution in [0.4, 0.5) is 5.69 Å². The molecule has 1 heterocycles. The lowest BCUT2D eigenvalue weighted by Crippen LogP contribution is -2.42. The second kappa shape index (κ2) is 7.55. The number of anilines is 1. The van der Waals surface area contributed by atoms with Gasteiger partial charge in [-0.15, -0.1) is 6.58 Å². The molecule has 0 fully saturated rings. The molecule has 1 rings (SSSR count). The maximum absolute atomic E-state index is 4.78. The van der Waals surface area contributed by atoms with Gasteiger partial charge in [-0.05, 0) is 27.3 Å². The lowest BCUT2D eigenvalue weighted by molar-refractivity contribution is 0.516. The normalized spacial score (nSPS) is 11.8. The average molecular weight is 290 g/mol. The summed E-state index contributed by atoms with van der Waals surface area (Å²) in [6, 6.07) is 0. The molecule has 1 N–H and O–H groups in total. The average Bonchev–Trinajstić information content (AvgIpc) is 2.41. The lowest BCUT2D eigenvalue weighted by atomic mass is 10.0. The van der Waals surface area contributed by atoms with Crippen LogP contribution in [0.2, 0.25) is 0 Å². The van der Waals surface area contributed by atoms with Crippen molar-refractivity contribution in [1.29, 1.82) is 0 Å². The quantitative estimate of drug-likeness (QED) is 0.780. The summed E-state index contributed by atoms with van der Waals surface area (Å²) in [5, 5.41) is 3.38. The Hall–Kier alpha value is -1.42. The minimum atomic E-state index is -0.00212. The van der Waals surface area contributed by atoms with Gasteiger partial charge in [0.05, 0.1) is 17.6 Å². The molecule has 4 heteroatoms. The van der Waals surface area contributed by atoms with Gasteiger partial charge in [0.1, 0.15) is 5.82 Å². The van der Waals surface area contributed by atoms with E-state index in [0.717, 1.165) is 36.8 Å². The summed E-state index contributed by atoms with van der Waals surface area (Å²) in [6.07, 6.45) is 3.89. The molecule has 0 amide bonds. The van der Waals surface area contributed by atoms with Crippen LogP contribution in [-0.4, -0.2) is 28.6 Å². The van der Waals surface area contributed by atoms with E-state index in [-0.39, 0.29) is 5.54 Å². The summed E-state index contributed by atoms with van der Waals surface area (Å²) in [7, 11) is 0. The first-order chi connectivity index (χ1) is 9.81. The number of aromatic nitrogens is 2. The number of nitrogens with one attached hydrogen (secondary N) is 1. The molecule has 0 saturated carbocycles. The van der Waals surface area contributed by atoms with Crippen LogP contribution in [0.25, 0.3) is 0 Å². The summed E-state index contributed by atoms with van der Waals surface area (Å²) in [5.41, 5.74) is 2.15. The lowest BCUT2D eigenvalue weighted by Gasteiger charge is -2.37. The van der Waals surface area contributed by atoms with E-state index in [0.29, 0.717) is 5.92 Å². The molecule has 0 aliphatic rings. The molecule has 0 radical (unpaired) electrons. The van der Waals surface area contributed by atoms with Crippen LogP contribution in [0.5, 0.6) is 0 Å². The highest BCUT2D eigenvalue weighted by molar-refractivity contribution is 5.52. The Bertz CT molecular complexity index is 460. The predicted octanol–water partition coefficient (Wildman–Crippen LogP) is 3.50. The zero-order valence-electron chi connectivity index (χ0n) is 14.4. The molecular weight excluding hydrogens is 260 g/mol. The highest BCUT2D eigenvalue weighted by Gasteiger charge is 2.24. The summed E-state index contributed by atoms with van der Waals surface area (Å²) in [6.45, 7) is 19.3. The van der Waals surface area contributed by atoms with Gasteiger partial charge < -0.3 is 10.2 Å². The molecule has 0 aromatic carbocycles. The Labute approximate surface area is 129 Å². The molecule has 0 aliphatic heterocycles. The fourth-order valence-electron chi connectivity index (χ4n) is 2.17. The Morgan fingerprint density at radius 2 is 2.05 bits per heavy atom. The first-order valence-corrected chi connectivity index (χ1v) is 7.76. The van der Waals surface area contributed by atoms with E-state index in [9.17, 15) is 0 Å². The number of rotatable bonds is 7. The fourth-order valence-corrected chi connectivity index (χ4v) is 2.17. The van der Waals surface area contributed by atoms with E-state index in [1.54, 1.807) is 0 Å². The van der Waals surface area contributed by atoms with Crippen molar-refractivity contribution in [3.8, 4) is 0 Å². The molecule has 0 unspecified atom stereocenters. The van der Waals surface area contributed by atoms with Crippen molar-refractivity contribution in [3.05, 3.63) is 30.4 Å². The van der Waals surface area contributed by atoms with Gasteiger partial charge in [0.25, 0.3) is 0 Å². The van der Waals surface area contributed by atoms with Crippen molar-refractivity contribution >= 4 is 5.69 Å². The molecule has 0 aliphatic carbocycles. The molecule has 0 bridgehead atoms. The molecular formula is C17H30N4. The van der Waals surface area contributed by atoms with Crippen LogP contribution < -0.4 is 10.2 Å². The van der Waals surface area contributed by atoms with Crippen molar-refractivity contribution in [3.63, 3.8) is 0 Å². The van der Waals surface area contributed by atoms with Gasteiger partial charge in [-0.25, -0.2) is 9.97 Å². The fraction of sp³-hybridized carbons (Fsp3) is 0.647. The number of hydrogen-bond acceptors (Lipinski definition) is 4. The van der Waals surface area contributed by atoms with Gasteiger partial charge in [-0.1, -0.05) is 26.8 Å². The van der Waals surface area contributed by atoms with Crippen LogP contribution in [-0.2, 0) is 6.54 Å². The van der Waals surface area contributed by atoms with Crippen molar-refractivity contribution in [2.75, 3.05) is 18.0 Å². The zero-order valence-corrected chi connectivity index (χ0v) is 14.4. The zero-order chi connectivity index (χ0) is 16.0. The van der Waals surface area contributed by atoms with Gasteiger partial charge >= 0.3 is 0 Å². The van der Waals surface area contributed by atoms with Crippen molar-refractivity contribution < 1.29 is 0 Å². The third-order valence-electron chi connectivity index (χ3n) is 3.34. The van der Waals surface area contributed by atoms with Crippen molar-refractivity contribution in [1.82, 2.24) is 15.3 Å². The Balaban J connectivity index is 3.26. The summed E-state index contributed by atoms with van der Waals surface area (Å²) < 4.78 is 0. The molecule has 4 nitrogen and oxygen atoms in total. The maximum Gasteiger partial charge on any atom is 0.131 e. The maximum atomic E-state index is 4.78. The largest absolute Gasteiger partial charge is 0.360 e. The highest BCUT2D eigenvalue weighted by atomic mass is 15.2. The molecule has 0 saturated heterocycles. The Morgan fingerprint density at radius 1 is 1.38 bits per heavy atom. The van der Waals surface area contributed by atoms with E-state index >= 15 is 0 Å². The van der Waals surface area contributed by atoms with E-state index in [2.05, 4.69) is 63.3 Å². The second-order valence-electron chi connectivity index (χ2n) is 6.57. The number of nitrogens with zero attached hydrogens (tertiary/aromatic N) is 3. The Morgan fingerprint density at radius 3 is 2.52 bits per heavy atom. The first-order valence-electron chi connectivity index (χ1n) is 7.76. The molecule has 0 spiro atoms. The standard InChI is InChI=1S/C17H30N4/c1-8-10-21(17(5,6)7)15-12-19-16(13(3)4)20-14(15)11-18-9-2/h8,12-13,18H,1,9-11H2,2-7H3. The monoisotopic (exact) mass is 290 g/mol. The Kier molecular flexibility index (Phi) is 6.34. The van der Waals surface area contributed by atoms with E-state index < -0.39 is 0 Å². The molecule has 0 atom stereocenters. The highest BCUT2D eigenvalue weighted by Crippen LogP contribution is 2.27. The molecule has 118 valence electrons. The van der Waals surface area contributed by atoms with Crippen LogP contribution >= 0.6 is 0 Å². The first kappa shape index (κ1) is 17.6. The van der Waals surface area contributed by atoms with Gasteiger partial charge in [0, 0.05) is 24.5 Å². The van der Waals surface area contributed by atoms with Gasteiger partial charge in [0.15, 0.2) is 0 Å². The van der Waals surface area contributed by atoms with Crippen LogP contribution in [0, 0.1) is 0 Å². The smallest absolute Gasteiger partial charge is 0.131 e. The summed E-state index contributed by atoms with van der Waals surface area (Å²) in [5.74, 6) is 1.24. The molecule has 1 aromatic heterocycles. The summed E-state index contributed by atoms with van der Waals surface area (Å²) in [4.78, 5) is 11.6. The van der Waals surface area contributed by atoms with E-state index in [4.69, 9.17) is 4.98 Å². The van der Waals surface area contributed by atoms with Crippen molar-refractivity contribution in [2.24, 2.45) is 0 Å². The van der Waals surface area contributed by atoms with Crippen LogP contribution in [0.15, 0.2) is 18.9 Å². The molecule has 1 aromatic rings. The van der Waals surface area contributed by atoms with E-state index in [1.807, 2.05) is 12.3 Å². The topological polar surface area (TPSA) is 41.1 Å². The minimum absolute atomic E-state index is 0.00212. The third-order valence-corrected chi connectivity index (χ3v) is 3.34. The van der Waals surface area contributed by atoms with E-state index in [1.165, 1.54) is 0 Å². The second-order valence-corrected chi connectivity index (χ2v) is 6.57. The van der Waals surface area contributed by atoms with Gasteiger partial charge in [-0.2, -0.15) is 0 Å². The third kappa shape index (κ3) is 4.81. The van der Waals surface area contributed by atoms with Crippen molar-refractivity contribution in [2.45, 2.75) is 59.5 Å². The SMILES string of the molecule is C=CCN(c1cnc(C(C)C)nc1CNCC)C(C)(C)C. The van der Waals surface area contributed by atoms with Gasteiger partial charge in [-0.3, -0.25) is 0 Å². The number of hydrogen-bond donors (Lipinski definition) is 1. The molecule has 21 heavy (non-hydrogen) atoms. The summed E-state index contributed by atoms with van der Waals surface area (Å²) >= 11 is 0.